The Morgan fingerprint density at radius 1 is 1.53 bits per heavy atom. The molecule has 0 aromatic heterocycles. The molecule has 3 nitrogen and oxygen atoms in total. The van der Waals surface area contributed by atoms with Gasteiger partial charge in [-0.3, -0.25) is 0 Å². The predicted octanol–water partition coefficient (Wildman–Crippen LogP) is 2.32. The van der Waals surface area contributed by atoms with E-state index in [1.54, 1.807) is 7.11 Å². The van der Waals surface area contributed by atoms with Gasteiger partial charge >= 0.3 is 0 Å². The maximum atomic E-state index is 5.72. The lowest BCUT2D eigenvalue weighted by Gasteiger charge is -2.15. The summed E-state index contributed by atoms with van der Waals surface area (Å²) >= 11 is 5.05. The molecule has 0 radical (unpaired) electrons. The van der Waals surface area contributed by atoms with Gasteiger partial charge < -0.3 is 15.8 Å². The number of ether oxygens (including phenoxy) is 1. The Morgan fingerprint density at radius 2 is 2.24 bits per heavy atom. The monoisotopic (exact) mass is 252 g/mol. The van der Waals surface area contributed by atoms with Crippen LogP contribution in [0.4, 0.5) is 5.69 Å². The van der Waals surface area contributed by atoms with E-state index in [9.17, 15) is 0 Å². The second-order valence-electron chi connectivity index (χ2n) is 4.35. The number of aryl methyl sites for hydroxylation is 1. The van der Waals surface area contributed by atoms with E-state index in [1.165, 1.54) is 0 Å². The van der Waals surface area contributed by atoms with E-state index in [2.05, 4.69) is 12.2 Å². The van der Waals surface area contributed by atoms with Gasteiger partial charge in [0.15, 0.2) is 0 Å². The van der Waals surface area contributed by atoms with Crippen molar-refractivity contribution >= 4 is 22.9 Å². The molecule has 94 valence electrons. The van der Waals surface area contributed by atoms with Crippen LogP contribution in [0.5, 0.6) is 0 Å². The molecular weight excluding hydrogens is 232 g/mol. The first-order valence-corrected chi connectivity index (χ1v) is 6.08. The lowest BCUT2D eigenvalue weighted by atomic mass is 10.1. The van der Waals surface area contributed by atoms with Crippen LogP contribution in [-0.2, 0) is 4.74 Å². The maximum absolute atomic E-state index is 5.72. The molecule has 0 aliphatic rings. The van der Waals surface area contributed by atoms with E-state index in [4.69, 9.17) is 22.7 Å². The molecule has 17 heavy (non-hydrogen) atoms. The second kappa shape index (κ2) is 6.57. The maximum Gasteiger partial charge on any atom is 0.106 e. The molecule has 1 rings (SSSR count). The minimum Gasteiger partial charge on any atom is -0.389 e. The van der Waals surface area contributed by atoms with Gasteiger partial charge in [-0.05, 0) is 25.0 Å². The molecule has 0 aliphatic carbocycles. The number of hydrogen-bond donors (Lipinski definition) is 2. The Balaban J connectivity index is 2.73. The number of benzene rings is 1. The number of nitrogens with one attached hydrogen (secondary N) is 1. The van der Waals surface area contributed by atoms with Gasteiger partial charge in [-0.15, -0.1) is 0 Å². The standard InChI is InChI=1S/C13H20N2OS/c1-9-4-5-12(11(6-9)13(14)17)15-7-10(2)8-16-3/h4-6,10,15H,7-8H2,1-3H3,(H2,14,17). The first-order valence-electron chi connectivity index (χ1n) is 5.68. The van der Waals surface area contributed by atoms with E-state index < -0.39 is 0 Å². The summed E-state index contributed by atoms with van der Waals surface area (Å²) in [6, 6.07) is 6.07. The van der Waals surface area contributed by atoms with Gasteiger partial charge in [0, 0.05) is 24.9 Å². The molecule has 1 unspecified atom stereocenters. The van der Waals surface area contributed by atoms with Crippen LogP contribution in [-0.4, -0.2) is 25.2 Å². The Morgan fingerprint density at radius 3 is 2.82 bits per heavy atom. The molecule has 0 aliphatic heterocycles. The summed E-state index contributed by atoms with van der Waals surface area (Å²) in [5.41, 5.74) is 8.77. The van der Waals surface area contributed by atoms with Crippen LogP contribution in [0.2, 0.25) is 0 Å². The smallest absolute Gasteiger partial charge is 0.106 e. The van der Waals surface area contributed by atoms with E-state index in [-0.39, 0.29) is 0 Å². The summed E-state index contributed by atoms with van der Waals surface area (Å²) in [5.74, 6) is 0.445. The zero-order valence-electron chi connectivity index (χ0n) is 10.6. The highest BCUT2D eigenvalue weighted by Gasteiger charge is 2.07. The summed E-state index contributed by atoms with van der Waals surface area (Å²) in [5, 5.41) is 3.36. The molecule has 3 N–H and O–H groups in total. The summed E-state index contributed by atoms with van der Waals surface area (Å²) in [7, 11) is 1.71. The highest BCUT2D eigenvalue weighted by molar-refractivity contribution is 7.80. The normalized spacial score (nSPS) is 12.2. The summed E-state index contributed by atoms with van der Waals surface area (Å²) in [6.45, 7) is 5.73. The number of thiocarbonyl (C=S) groups is 1. The van der Waals surface area contributed by atoms with E-state index in [1.807, 2.05) is 25.1 Å². The highest BCUT2D eigenvalue weighted by Crippen LogP contribution is 2.17. The van der Waals surface area contributed by atoms with Crippen molar-refractivity contribution in [1.82, 2.24) is 0 Å². The number of rotatable bonds is 6. The number of methoxy groups -OCH3 is 1. The fourth-order valence-corrected chi connectivity index (χ4v) is 1.81. The van der Waals surface area contributed by atoms with Crippen molar-refractivity contribution in [3.8, 4) is 0 Å². The van der Waals surface area contributed by atoms with Crippen molar-refractivity contribution in [1.29, 1.82) is 0 Å². The van der Waals surface area contributed by atoms with Gasteiger partial charge in [-0.2, -0.15) is 0 Å². The summed E-state index contributed by atoms with van der Waals surface area (Å²) in [6.07, 6.45) is 0. The summed E-state index contributed by atoms with van der Waals surface area (Å²) < 4.78 is 5.10. The third-order valence-electron chi connectivity index (χ3n) is 2.53. The molecule has 0 bridgehead atoms. The topological polar surface area (TPSA) is 47.3 Å². The quantitative estimate of drug-likeness (QED) is 0.763. The average Bonchev–Trinajstić information content (AvgIpc) is 2.27. The Labute approximate surface area is 108 Å². The van der Waals surface area contributed by atoms with Crippen LogP contribution in [0.15, 0.2) is 18.2 Å². The molecule has 1 aromatic carbocycles. The van der Waals surface area contributed by atoms with Crippen molar-refractivity contribution in [2.24, 2.45) is 11.7 Å². The van der Waals surface area contributed by atoms with Gasteiger partial charge in [0.2, 0.25) is 0 Å². The van der Waals surface area contributed by atoms with Crippen molar-refractivity contribution in [3.05, 3.63) is 29.3 Å². The van der Waals surface area contributed by atoms with E-state index in [0.29, 0.717) is 10.9 Å². The minimum absolute atomic E-state index is 0.426. The molecule has 0 amide bonds. The SMILES string of the molecule is COCC(C)CNc1ccc(C)cc1C(N)=S. The zero-order chi connectivity index (χ0) is 12.8. The van der Waals surface area contributed by atoms with Gasteiger partial charge in [-0.1, -0.05) is 30.8 Å². The fourth-order valence-electron chi connectivity index (χ4n) is 1.64. The highest BCUT2D eigenvalue weighted by atomic mass is 32.1. The van der Waals surface area contributed by atoms with Crippen LogP contribution in [0.1, 0.15) is 18.1 Å². The molecule has 0 heterocycles. The lowest BCUT2D eigenvalue weighted by Crippen LogP contribution is -2.19. The largest absolute Gasteiger partial charge is 0.389 e. The van der Waals surface area contributed by atoms with Gasteiger partial charge in [0.1, 0.15) is 4.99 Å². The Hall–Kier alpha value is -1.13. The second-order valence-corrected chi connectivity index (χ2v) is 4.79. The Kier molecular flexibility index (Phi) is 5.38. The predicted molar refractivity (Wildman–Crippen MR) is 76.6 cm³/mol. The van der Waals surface area contributed by atoms with Gasteiger partial charge in [0.05, 0.1) is 6.61 Å². The van der Waals surface area contributed by atoms with Crippen LogP contribution >= 0.6 is 12.2 Å². The third-order valence-corrected chi connectivity index (χ3v) is 2.75. The first kappa shape index (κ1) is 13.9. The molecule has 0 saturated heterocycles. The summed E-state index contributed by atoms with van der Waals surface area (Å²) in [4.78, 5) is 0.426. The average molecular weight is 252 g/mol. The molecular formula is C13H20N2OS. The van der Waals surface area contributed by atoms with Crippen molar-refractivity contribution in [2.45, 2.75) is 13.8 Å². The minimum atomic E-state index is 0.426. The van der Waals surface area contributed by atoms with Crippen molar-refractivity contribution in [2.75, 3.05) is 25.6 Å². The van der Waals surface area contributed by atoms with Crippen molar-refractivity contribution in [3.63, 3.8) is 0 Å². The lowest BCUT2D eigenvalue weighted by molar-refractivity contribution is 0.164. The zero-order valence-corrected chi connectivity index (χ0v) is 11.4. The number of nitrogens with two attached hydrogens (primary N) is 1. The van der Waals surface area contributed by atoms with E-state index >= 15 is 0 Å². The van der Waals surface area contributed by atoms with Gasteiger partial charge in [-0.25, -0.2) is 0 Å². The van der Waals surface area contributed by atoms with Crippen LogP contribution in [0.3, 0.4) is 0 Å². The molecule has 1 atom stereocenters. The van der Waals surface area contributed by atoms with Crippen LogP contribution < -0.4 is 11.1 Å². The first-order chi connectivity index (χ1) is 8.04. The number of anilines is 1. The molecule has 0 fully saturated rings. The van der Waals surface area contributed by atoms with Crippen molar-refractivity contribution < 1.29 is 4.74 Å². The number of hydrogen-bond acceptors (Lipinski definition) is 3. The van der Waals surface area contributed by atoms with Crippen LogP contribution in [0.25, 0.3) is 0 Å². The molecule has 0 saturated carbocycles. The van der Waals surface area contributed by atoms with Crippen LogP contribution in [0, 0.1) is 12.8 Å². The Bertz CT molecular complexity index is 393. The van der Waals surface area contributed by atoms with E-state index in [0.717, 1.165) is 30.0 Å². The fraction of sp³-hybridized carbons (Fsp3) is 0.462. The molecule has 1 aromatic rings. The van der Waals surface area contributed by atoms with Gasteiger partial charge in [0.25, 0.3) is 0 Å². The molecule has 4 heteroatoms. The molecule has 0 spiro atoms. The third kappa shape index (κ3) is 4.32.